The summed E-state index contributed by atoms with van der Waals surface area (Å²) >= 11 is 3.33. The van der Waals surface area contributed by atoms with Crippen molar-refractivity contribution >= 4 is 46.3 Å². The molecule has 0 saturated carbocycles. The maximum absolute atomic E-state index is 13.3. The van der Waals surface area contributed by atoms with Gasteiger partial charge in [0.25, 0.3) is 0 Å². The smallest absolute Gasteiger partial charge is 0.340 e. The Morgan fingerprint density at radius 1 is 0.745 bits per heavy atom. The van der Waals surface area contributed by atoms with Crippen molar-refractivity contribution in [3.05, 3.63) is 96.1 Å². The summed E-state index contributed by atoms with van der Waals surface area (Å²) in [6.45, 7) is 10.2. The van der Waals surface area contributed by atoms with Crippen molar-refractivity contribution < 1.29 is 13.2 Å². The average Bonchev–Trinajstić information content (AvgIpc) is 3.11. The molecule has 11 heteroatoms. The predicted octanol–water partition coefficient (Wildman–Crippen LogP) is 9.30. The number of benzene rings is 4. The molecule has 7 rings (SSSR count). The summed E-state index contributed by atoms with van der Waals surface area (Å²) < 4.78 is 39.8. The monoisotopic (exact) mass is 730 g/mol. The standard InChI is InChI=1S/C21H24F3N3S.C19H21N3S/c1-25-11-13-26(14-12-25)9-4-10-27-17-5-2-3-6-19(17)28-20-8-7-16(15-18(20)27)21(22,23)24;1-14(12-21(2)3)13-22-16-6-4-5-7-18(16)23-19-9-8-15(11-20)10-17(19)22/h2-3,5-8,15H,4,9-14H2,1H3;4-10,14H,12-13H2,1-3H3. The van der Waals surface area contributed by atoms with E-state index in [9.17, 15) is 18.4 Å². The van der Waals surface area contributed by atoms with Crippen molar-refractivity contribution in [2.45, 2.75) is 39.1 Å². The molecule has 1 saturated heterocycles. The lowest BCUT2D eigenvalue weighted by atomic mass is 10.1. The van der Waals surface area contributed by atoms with Crippen LogP contribution in [0, 0.1) is 17.2 Å². The molecule has 6 nitrogen and oxygen atoms in total. The minimum Gasteiger partial charge on any atom is -0.340 e. The van der Waals surface area contributed by atoms with Gasteiger partial charge in [0.2, 0.25) is 0 Å². The first-order valence-corrected chi connectivity index (χ1v) is 19.0. The highest BCUT2D eigenvalue weighted by atomic mass is 32.2. The zero-order valence-corrected chi connectivity index (χ0v) is 31.3. The fourth-order valence-corrected chi connectivity index (χ4v) is 9.01. The third-order valence-corrected chi connectivity index (χ3v) is 11.6. The fraction of sp³-hybridized carbons (Fsp3) is 0.375. The number of nitrogens with zero attached hydrogens (tertiary/aromatic N) is 6. The number of hydrogen-bond acceptors (Lipinski definition) is 8. The molecule has 3 heterocycles. The average molecular weight is 731 g/mol. The van der Waals surface area contributed by atoms with Gasteiger partial charge in [-0.05, 0) is 101 Å². The van der Waals surface area contributed by atoms with Gasteiger partial charge < -0.3 is 24.5 Å². The second-order valence-electron chi connectivity index (χ2n) is 13.7. The highest BCUT2D eigenvalue weighted by Crippen LogP contribution is 2.50. The number of anilines is 4. The van der Waals surface area contributed by atoms with Gasteiger partial charge in [-0.3, -0.25) is 0 Å². The maximum atomic E-state index is 13.3. The number of nitriles is 1. The van der Waals surface area contributed by atoms with Crippen molar-refractivity contribution in [1.29, 1.82) is 5.26 Å². The third-order valence-electron chi connectivity index (χ3n) is 9.33. The van der Waals surface area contributed by atoms with Gasteiger partial charge in [-0.15, -0.1) is 0 Å². The number of likely N-dealkylation sites (N-methyl/N-ethyl adjacent to an activating group) is 1. The van der Waals surface area contributed by atoms with Crippen LogP contribution in [0.2, 0.25) is 0 Å². The molecule has 0 spiro atoms. The van der Waals surface area contributed by atoms with Crippen LogP contribution in [0.25, 0.3) is 0 Å². The maximum Gasteiger partial charge on any atom is 0.416 e. The SMILES string of the molecule is CC(CN(C)C)CN1c2ccccc2Sc2ccc(C#N)cc21.CN1CCN(CCCN2c3ccccc3Sc3ccc(C(F)(F)F)cc32)CC1. The van der Waals surface area contributed by atoms with Crippen molar-refractivity contribution in [2.75, 3.05) is 83.3 Å². The lowest BCUT2D eigenvalue weighted by Gasteiger charge is -2.35. The quantitative estimate of drug-likeness (QED) is 0.178. The number of para-hydroxylation sites is 2. The van der Waals surface area contributed by atoms with E-state index in [0.717, 1.165) is 73.4 Å². The Morgan fingerprint density at radius 2 is 1.31 bits per heavy atom. The Kier molecular flexibility index (Phi) is 11.9. The normalized spacial score (nSPS) is 16.3. The predicted molar refractivity (Wildman–Crippen MR) is 204 cm³/mol. The molecule has 4 aromatic carbocycles. The van der Waals surface area contributed by atoms with E-state index in [4.69, 9.17) is 0 Å². The molecule has 268 valence electrons. The van der Waals surface area contributed by atoms with E-state index in [1.54, 1.807) is 29.6 Å². The fourth-order valence-electron chi connectivity index (χ4n) is 6.86. The van der Waals surface area contributed by atoms with Crippen LogP contribution in [0.3, 0.4) is 0 Å². The number of piperazine rings is 1. The number of rotatable bonds is 8. The first-order valence-electron chi connectivity index (χ1n) is 17.4. The van der Waals surface area contributed by atoms with Crippen molar-refractivity contribution in [1.82, 2.24) is 14.7 Å². The molecule has 1 fully saturated rings. The molecule has 0 radical (unpaired) electrons. The number of fused-ring (bicyclic) bond motifs is 4. The van der Waals surface area contributed by atoms with Crippen molar-refractivity contribution in [2.24, 2.45) is 5.92 Å². The van der Waals surface area contributed by atoms with E-state index >= 15 is 0 Å². The molecule has 1 unspecified atom stereocenters. The molecule has 0 bridgehead atoms. The molecule has 51 heavy (non-hydrogen) atoms. The van der Waals surface area contributed by atoms with Gasteiger partial charge in [-0.1, -0.05) is 54.7 Å². The van der Waals surface area contributed by atoms with Crippen LogP contribution < -0.4 is 9.80 Å². The molecular formula is C40H45F3N6S2. The summed E-state index contributed by atoms with van der Waals surface area (Å²) in [6, 6.07) is 28.8. The lowest BCUT2D eigenvalue weighted by molar-refractivity contribution is -0.137. The molecule has 0 amide bonds. The van der Waals surface area contributed by atoms with E-state index in [0.29, 0.717) is 23.7 Å². The van der Waals surface area contributed by atoms with E-state index in [1.165, 1.54) is 27.6 Å². The number of alkyl halides is 3. The van der Waals surface area contributed by atoms with Crippen LogP contribution in [-0.2, 0) is 6.18 Å². The van der Waals surface area contributed by atoms with Gasteiger partial charge in [-0.2, -0.15) is 18.4 Å². The Labute approximate surface area is 308 Å². The second-order valence-corrected chi connectivity index (χ2v) is 15.9. The third kappa shape index (κ3) is 9.05. The molecule has 0 aliphatic carbocycles. The minimum atomic E-state index is -4.33. The highest BCUT2D eigenvalue weighted by molar-refractivity contribution is 8.00. The van der Waals surface area contributed by atoms with Gasteiger partial charge in [0.1, 0.15) is 0 Å². The molecule has 4 aromatic rings. The van der Waals surface area contributed by atoms with E-state index in [2.05, 4.69) is 89.0 Å². The van der Waals surface area contributed by atoms with Gasteiger partial charge in [-0.25, -0.2) is 0 Å². The van der Waals surface area contributed by atoms with Gasteiger partial charge in [0, 0.05) is 65.4 Å². The summed E-state index contributed by atoms with van der Waals surface area (Å²) in [6.07, 6.45) is -3.42. The van der Waals surface area contributed by atoms with Crippen LogP contribution in [0.1, 0.15) is 24.5 Å². The zero-order chi connectivity index (χ0) is 36.1. The minimum absolute atomic E-state index is 0.528. The second kappa shape index (κ2) is 16.3. The van der Waals surface area contributed by atoms with Crippen LogP contribution in [-0.4, -0.2) is 88.2 Å². The molecular weight excluding hydrogens is 686 g/mol. The van der Waals surface area contributed by atoms with Gasteiger partial charge in [0.15, 0.2) is 0 Å². The lowest BCUT2D eigenvalue weighted by Crippen LogP contribution is -2.45. The van der Waals surface area contributed by atoms with Gasteiger partial charge >= 0.3 is 6.18 Å². The summed E-state index contributed by atoms with van der Waals surface area (Å²) in [5, 5.41) is 9.24. The Balaban J connectivity index is 0.000000179. The Hall–Kier alpha value is -3.66. The molecule has 0 aromatic heterocycles. The molecule has 3 aliphatic rings. The molecule has 3 aliphatic heterocycles. The summed E-state index contributed by atoms with van der Waals surface area (Å²) in [4.78, 5) is 15.9. The van der Waals surface area contributed by atoms with Crippen LogP contribution in [0.5, 0.6) is 0 Å². The van der Waals surface area contributed by atoms with Gasteiger partial charge in [0.05, 0.1) is 39.9 Å². The van der Waals surface area contributed by atoms with Crippen LogP contribution in [0.15, 0.2) is 105 Å². The summed E-state index contributed by atoms with van der Waals surface area (Å²) in [7, 11) is 6.35. The summed E-state index contributed by atoms with van der Waals surface area (Å²) in [5.41, 5.74) is 4.18. The van der Waals surface area contributed by atoms with Crippen LogP contribution in [0.4, 0.5) is 35.9 Å². The van der Waals surface area contributed by atoms with Crippen molar-refractivity contribution in [3.8, 4) is 6.07 Å². The topological polar surface area (TPSA) is 40.0 Å². The first-order chi connectivity index (χ1) is 24.5. The van der Waals surface area contributed by atoms with E-state index < -0.39 is 11.7 Å². The molecule has 0 N–H and O–H groups in total. The van der Waals surface area contributed by atoms with Crippen LogP contribution >= 0.6 is 23.5 Å². The number of halogens is 3. The van der Waals surface area contributed by atoms with Crippen molar-refractivity contribution in [3.63, 3.8) is 0 Å². The Morgan fingerprint density at radius 3 is 1.92 bits per heavy atom. The highest BCUT2D eigenvalue weighted by Gasteiger charge is 2.33. The Bertz CT molecular complexity index is 1850. The first kappa shape index (κ1) is 37.1. The summed E-state index contributed by atoms with van der Waals surface area (Å²) in [5.74, 6) is 0.528. The van der Waals surface area contributed by atoms with E-state index in [-0.39, 0.29) is 0 Å². The largest absolute Gasteiger partial charge is 0.416 e. The van der Waals surface area contributed by atoms with E-state index in [1.807, 2.05) is 36.4 Å². The number of hydrogen-bond donors (Lipinski definition) is 0. The zero-order valence-electron chi connectivity index (χ0n) is 29.7. The molecule has 1 atom stereocenters.